The van der Waals surface area contributed by atoms with Crippen molar-refractivity contribution < 1.29 is 13.9 Å². The molecule has 3 rings (SSSR count). The molecule has 1 aromatic heterocycles. The summed E-state index contributed by atoms with van der Waals surface area (Å²) in [7, 11) is 1.80. The van der Waals surface area contributed by atoms with E-state index >= 15 is 0 Å². The first-order valence-electron chi connectivity index (χ1n) is 9.70. The third kappa shape index (κ3) is 6.74. The van der Waals surface area contributed by atoms with Gasteiger partial charge < -0.3 is 24.7 Å². The van der Waals surface area contributed by atoms with Crippen molar-refractivity contribution in [3.63, 3.8) is 0 Å². The summed E-state index contributed by atoms with van der Waals surface area (Å²) in [5, 5.41) is 6.27. The number of nitrogens with zero attached hydrogens (tertiary/aromatic N) is 2. The smallest absolute Gasteiger partial charge is 0.291 e. The van der Waals surface area contributed by atoms with Gasteiger partial charge in [0.05, 0.1) is 12.4 Å². The summed E-state index contributed by atoms with van der Waals surface area (Å²) in [6.07, 6.45) is 3.87. The van der Waals surface area contributed by atoms with Crippen LogP contribution in [0.5, 0.6) is 0 Å². The summed E-state index contributed by atoms with van der Waals surface area (Å²) in [4.78, 5) is 18.8. The van der Waals surface area contributed by atoms with E-state index in [1.54, 1.807) is 19.2 Å². The van der Waals surface area contributed by atoms with Crippen molar-refractivity contribution in [1.29, 1.82) is 0 Å². The predicted octanol–water partition coefficient (Wildman–Crippen LogP) is 3.73. The molecular weight excluding hydrogens is 483 g/mol. The Labute approximate surface area is 188 Å². The Morgan fingerprint density at radius 3 is 2.72 bits per heavy atom. The molecule has 0 aliphatic carbocycles. The molecular formula is C21H29IN4O3. The van der Waals surface area contributed by atoms with Gasteiger partial charge in [-0.3, -0.25) is 9.79 Å². The molecule has 0 atom stereocenters. The number of amides is 1. The number of halogens is 1. The Morgan fingerprint density at radius 1 is 1.28 bits per heavy atom. The zero-order valence-electron chi connectivity index (χ0n) is 16.9. The molecule has 158 valence electrons. The molecule has 29 heavy (non-hydrogen) atoms. The molecule has 1 aromatic carbocycles. The van der Waals surface area contributed by atoms with E-state index in [-0.39, 0.29) is 29.9 Å². The zero-order valence-corrected chi connectivity index (χ0v) is 19.2. The summed E-state index contributed by atoms with van der Waals surface area (Å²) in [6, 6.07) is 11.1. The van der Waals surface area contributed by atoms with Crippen LogP contribution in [-0.2, 0) is 11.3 Å². The molecule has 8 heteroatoms. The molecule has 0 unspecified atom stereocenters. The van der Waals surface area contributed by atoms with Crippen molar-refractivity contribution in [2.24, 2.45) is 4.99 Å². The van der Waals surface area contributed by atoms with E-state index < -0.39 is 0 Å². The minimum absolute atomic E-state index is 0. The molecule has 1 saturated heterocycles. The van der Waals surface area contributed by atoms with Crippen LogP contribution in [0.1, 0.15) is 35.9 Å². The minimum atomic E-state index is -0.261. The maximum Gasteiger partial charge on any atom is 0.291 e. The van der Waals surface area contributed by atoms with Crippen molar-refractivity contribution in [3.8, 4) is 0 Å². The first-order valence-corrected chi connectivity index (χ1v) is 9.70. The van der Waals surface area contributed by atoms with E-state index in [0.717, 1.165) is 49.7 Å². The van der Waals surface area contributed by atoms with Gasteiger partial charge in [0.25, 0.3) is 5.91 Å². The van der Waals surface area contributed by atoms with Crippen LogP contribution >= 0.6 is 24.0 Å². The number of carbonyl (C=O) groups is 1. The van der Waals surface area contributed by atoms with Gasteiger partial charge in [0, 0.05) is 39.0 Å². The van der Waals surface area contributed by atoms with Gasteiger partial charge in [-0.25, -0.2) is 0 Å². The van der Waals surface area contributed by atoms with Crippen molar-refractivity contribution >= 4 is 41.5 Å². The third-order valence-corrected chi connectivity index (χ3v) is 4.74. The number of rotatable bonds is 6. The summed E-state index contributed by atoms with van der Waals surface area (Å²) in [5.74, 6) is 0.919. The third-order valence-electron chi connectivity index (χ3n) is 4.74. The number of likely N-dealkylation sites (tertiary alicyclic amines) is 1. The van der Waals surface area contributed by atoms with E-state index in [2.05, 4.69) is 20.5 Å². The van der Waals surface area contributed by atoms with Gasteiger partial charge in [0.2, 0.25) is 0 Å². The lowest BCUT2D eigenvalue weighted by atomic mass is 10.1. The van der Waals surface area contributed by atoms with Crippen LogP contribution < -0.4 is 10.6 Å². The van der Waals surface area contributed by atoms with Gasteiger partial charge in [-0.2, -0.15) is 0 Å². The molecule has 0 radical (unpaired) electrons. The Kier molecular flexibility index (Phi) is 9.46. The number of anilines is 1. The van der Waals surface area contributed by atoms with Gasteiger partial charge in [0.15, 0.2) is 11.7 Å². The van der Waals surface area contributed by atoms with Gasteiger partial charge in [-0.1, -0.05) is 12.1 Å². The second kappa shape index (κ2) is 11.8. The fourth-order valence-electron chi connectivity index (χ4n) is 3.34. The van der Waals surface area contributed by atoms with Gasteiger partial charge in [0.1, 0.15) is 0 Å². The van der Waals surface area contributed by atoms with Crippen molar-refractivity contribution in [2.45, 2.75) is 32.4 Å². The van der Waals surface area contributed by atoms with E-state index in [4.69, 9.17) is 9.15 Å². The molecule has 0 spiro atoms. The lowest BCUT2D eigenvalue weighted by Gasteiger charge is -2.34. The molecule has 1 fully saturated rings. The standard InChI is InChI=1S/C21H28N4O3.HI/c1-3-27-18-9-11-25(12-10-18)21(22-2)23-15-16-6-4-7-17(14-16)24-20(26)19-8-5-13-28-19;/h4-8,13-14,18H,3,9-12,15H2,1-2H3,(H,22,23)(H,24,26);1H. The largest absolute Gasteiger partial charge is 0.459 e. The van der Waals surface area contributed by atoms with Gasteiger partial charge in [-0.05, 0) is 49.6 Å². The molecule has 0 saturated carbocycles. The lowest BCUT2D eigenvalue weighted by molar-refractivity contribution is 0.0263. The highest BCUT2D eigenvalue weighted by molar-refractivity contribution is 14.0. The van der Waals surface area contributed by atoms with Crippen LogP contribution in [-0.4, -0.2) is 49.6 Å². The van der Waals surface area contributed by atoms with E-state index in [0.29, 0.717) is 18.4 Å². The molecule has 2 N–H and O–H groups in total. The van der Waals surface area contributed by atoms with Crippen LogP contribution in [0.2, 0.25) is 0 Å². The molecule has 2 aromatic rings. The topological polar surface area (TPSA) is 79.1 Å². The quantitative estimate of drug-likeness (QED) is 0.351. The van der Waals surface area contributed by atoms with Crippen LogP contribution in [0.4, 0.5) is 5.69 Å². The van der Waals surface area contributed by atoms with Crippen LogP contribution in [0, 0.1) is 0 Å². The number of hydrogen-bond donors (Lipinski definition) is 2. The number of piperidine rings is 1. The maximum absolute atomic E-state index is 12.1. The summed E-state index contributed by atoms with van der Waals surface area (Å²) < 4.78 is 10.8. The van der Waals surface area contributed by atoms with Crippen LogP contribution in [0.3, 0.4) is 0 Å². The molecule has 7 nitrogen and oxygen atoms in total. The van der Waals surface area contributed by atoms with Crippen molar-refractivity contribution in [2.75, 3.05) is 32.1 Å². The second-order valence-electron chi connectivity index (χ2n) is 6.67. The molecule has 1 aliphatic rings. The van der Waals surface area contributed by atoms with E-state index in [9.17, 15) is 4.79 Å². The number of nitrogens with one attached hydrogen (secondary N) is 2. The highest BCUT2D eigenvalue weighted by atomic mass is 127. The first-order chi connectivity index (χ1) is 13.7. The number of benzene rings is 1. The van der Waals surface area contributed by atoms with Crippen LogP contribution in [0.25, 0.3) is 0 Å². The number of carbonyl (C=O) groups excluding carboxylic acids is 1. The molecule has 1 aliphatic heterocycles. The Hall–Kier alpha value is -2.07. The molecule has 1 amide bonds. The normalized spacial score (nSPS) is 15.0. The Morgan fingerprint density at radius 2 is 2.07 bits per heavy atom. The fraction of sp³-hybridized carbons (Fsp3) is 0.429. The summed E-state index contributed by atoms with van der Waals surface area (Å²) >= 11 is 0. The fourth-order valence-corrected chi connectivity index (χ4v) is 3.34. The number of furan rings is 1. The van der Waals surface area contributed by atoms with Crippen molar-refractivity contribution in [3.05, 3.63) is 54.0 Å². The van der Waals surface area contributed by atoms with Crippen molar-refractivity contribution in [1.82, 2.24) is 10.2 Å². The summed E-state index contributed by atoms with van der Waals surface area (Å²) in [6.45, 7) is 5.30. The highest BCUT2D eigenvalue weighted by Gasteiger charge is 2.21. The summed E-state index contributed by atoms with van der Waals surface area (Å²) in [5.41, 5.74) is 1.79. The SMILES string of the molecule is CCOC1CCN(C(=NC)NCc2cccc(NC(=O)c3ccco3)c2)CC1.I. The van der Waals surface area contributed by atoms with Gasteiger partial charge >= 0.3 is 0 Å². The predicted molar refractivity (Wildman–Crippen MR) is 125 cm³/mol. The van der Waals surface area contributed by atoms with Crippen LogP contribution in [0.15, 0.2) is 52.1 Å². The molecule has 0 bridgehead atoms. The minimum Gasteiger partial charge on any atom is -0.459 e. The monoisotopic (exact) mass is 512 g/mol. The van der Waals surface area contributed by atoms with Gasteiger partial charge in [-0.15, -0.1) is 24.0 Å². The average Bonchev–Trinajstić information content (AvgIpc) is 3.25. The maximum atomic E-state index is 12.1. The zero-order chi connectivity index (χ0) is 19.8. The second-order valence-corrected chi connectivity index (χ2v) is 6.67. The Bertz CT molecular complexity index is 787. The van der Waals surface area contributed by atoms with E-state index in [1.165, 1.54) is 6.26 Å². The lowest BCUT2D eigenvalue weighted by Crippen LogP contribution is -2.46. The number of aliphatic imine (C=N–C) groups is 1. The average molecular weight is 512 g/mol. The number of hydrogen-bond acceptors (Lipinski definition) is 4. The Balaban J connectivity index is 0.00000300. The molecule has 2 heterocycles. The number of guanidine groups is 1. The highest BCUT2D eigenvalue weighted by Crippen LogP contribution is 2.15. The van der Waals surface area contributed by atoms with E-state index in [1.807, 2.05) is 31.2 Å². The first kappa shape index (κ1) is 23.2. The number of ether oxygens (including phenoxy) is 1.